The first-order chi connectivity index (χ1) is 6.00. The van der Waals surface area contributed by atoms with Gasteiger partial charge in [-0.3, -0.25) is 4.68 Å². The second-order valence-electron chi connectivity index (χ2n) is 2.50. The van der Waals surface area contributed by atoms with Crippen molar-refractivity contribution in [3.8, 4) is 0 Å². The number of hydrogen-bond acceptors (Lipinski definition) is 3. The van der Waals surface area contributed by atoms with Crippen LogP contribution in [-0.4, -0.2) is 32.2 Å². The topological polar surface area (TPSA) is 50.9 Å². The molecule has 1 aromatic rings. The lowest BCUT2D eigenvalue weighted by Crippen LogP contribution is -2.29. The summed E-state index contributed by atoms with van der Waals surface area (Å²) in [6.07, 6.45) is -4.74. The molecule has 13 heavy (non-hydrogen) atoms. The Labute approximate surface area is 72.0 Å². The lowest BCUT2D eigenvalue weighted by molar-refractivity contribution is -0.206. The van der Waals surface area contributed by atoms with E-state index >= 15 is 0 Å². The van der Waals surface area contributed by atoms with E-state index in [-0.39, 0.29) is 6.54 Å². The molecule has 74 valence electrons. The molecule has 0 radical (unpaired) electrons. The molecular weight excluding hydrogens is 187 g/mol. The van der Waals surface area contributed by atoms with Crippen LogP contribution in [0.1, 0.15) is 6.42 Å². The number of aliphatic hydroxyl groups is 1. The van der Waals surface area contributed by atoms with Gasteiger partial charge in [-0.2, -0.15) is 18.3 Å². The molecular formula is C6H8F3N3O. The Morgan fingerprint density at radius 1 is 1.46 bits per heavy atom. The quantitative estimate of drug-likeness (QED) is 0.767. The Bertz CT molecular complexity index is 246. The summed E-state index contributed by atoms with van der Waals surface area (Å²) in [5, 5.41) is 12.2. The number of rotatable bonds is 3. The maximum Gasteiger partial charge on any atom is 0.414 e. The van der Waals surface area contributed by atoms with Gasteiger partial charge in [0.05, 0.1) is 0 Å². The molecule has 0 saturated heterocycles. The molecule has 0 spiro atoms. The van der Waals surface area contributed by atoms with Crippen molar-refractivity contribution in [2.24, 2.45) is 0 Å². The van der Waals surface area contributed by atoms with Crippen LogP contribution in [0.4, 0.5) is 13.2 Å². The Kier molecular flexibility index (Phi) is 2.86. The largest absolute Gasteiger partial charge is 0.414 e. The number of hydrogen-bond donors (Lipinski definition) is 1. The molecule has 1 N–H and O–H groups in total. The first-order valence-corrected chi connectivity index (χ1v) is 3.57. The Balaban J connectivity index is 2.35. The van der Waals surface area contributed by atoms with Gasteiger partial charge in [0, 0.05) is 13.0 Å². The second kappa shape index (κ2) is 3.73. The number of aryl methyl sites for hydroxylation is 1. The van der Waals surface area contributed by atoms with Crippen LogP contribution < -0.4 is 0 Å². The highest BCUT2D eigenvalue weighted by atomic mass is 19.4. The average Bonchev–Trinajstić information content (AvgIpc) is 2.50. The minimum Gasteiger partial charge on any atom is -0.384 e. The summed E-state index contributed by atoms with van der Waals surface area (Å²) in [6, 6.07) is 0. The zero-order valence-corrected chi connectivity index (χ0v) is 6.57. The summed E-state index contributed by atoms with van der Waals surface area (Å²) in [5.74, 6) is 0. The lowest BCUT2D eigenvalue weighted by Gasteiger charge is -2.13. The molecule has 0 aliphatic rings. The fourth-order valence-corrected chi connectivity index (χ4v) is 0.766. The third-order valence-corrected chi connectivity index (χ3v) is 1.48. The van der Waals surface area contributed by atoms with E-state index in [4.69, 9.17) is 5.11 Å². The number of alkyl halides is 3. The van der Waals surface area contributed by atoms with Crippen LogP contribution in [-0.2, 0) is 6.54 Å². The number of aliphatic hydroxyl groups excluding tert-OH is 1. The van der Waals surface area contributed by atoms with Crippen LogP contribution in [0, 0.1) is 0 Å². The minimum atomic E-state index is -4.55. The van der Waals surface area contributed by atoms with Crippen LogP contribution >= 0.6 is 0 Å². The predicted octanol–water partition coefficient (Wildman–Crippen LogP) is 0.591. The van der Waals surface area contributed by atoms with E-state index < -0.39 is 18.7 Å². The maximum absolute atomic E-state index is 11.8. The van der Waals surface area contributed by atoms with Crippen molar-refractivity contribution < 1.29 is 18.3 Å². The van der Waals surface area contributed by atoms with Gasteiger partial charge >= 0.3 is 6.18 Å². The third kappa shape index (κ3) is 3.02. The van der Waals surface area contributed by atoms with Gasteiger partial charge in [0.15, 0.2) is 6.10 Å². The maximum atomic E-state index is 11.8. The zero-order valence-electron chi connectivity index (χ0n) is 6.57. The van der Waals surface area contributed by atoms with Crippen LogP contribution in [0.25, 0.3) is 0 Å². The monoisotopic (exact) mass is 195 g/mol. The molecule has 1 atom stereocenters. The standard InChI is InChI=1S/C6H8F3N3O/c7-6(8,9)5(13)1-2-12-4-10-3-11-12/h3-5,13H,1-2H2. The number of aromatic nitrogens is 3. The van der Waals surface area contributed by atoms with Crippen LogP contribution in [0.5, 0.6) is 0 Å². The van der Waals surface area contributed by atoms with E-state index in [1.54, 1.807) is 0 Å². The molecule has 0 aromatic carbocycles. The molecule has 0 saturated carbocycles. The summed E-state index contributed by atoms with van der Waals surface area (Å²) in [5.41, 5.74) is 0. The molecule has 1 aromatic heterocycles. The van der Waals surface area contributed by atoms with Crippen molar-refractivity contribution in [3.05, 3.63) is 12.7 Å². The van der Waals surface area contributed by atoms with Crippen molar-refractivity contribution >= 4 is 0 Å². The van der Waals surface area contributed by atoms with Gasteiger partial charge in [-0.05, 0) is 0 Å². The van der Waals surface area contributed by atoms with Crippen LogP contribution in [0.3, 0.4) is 0 Å². The second-order valence-corrected chi connectivity index (χ2v) is 2.50. The first-order valence-electron chi connectivity index (χ1n) is 3.57. The normalized spacial score (nSPS) is 14.5. The Morgan fingerprint density at radius 3 is 2.62 bits per heavy atom. The Morgan fingerprint density at radius 2 is 2.15 bits per heavy atom. The molecule has 1 rings (SSSR count). The highest BCUT2D eigenvalue weighted by Crippen LogP contribution is 2.22. The molecule has 7 heteroatoms. The summed E-state index contributed by atoms with van der Waals surface area (Å²) in [4.78, 5) is 3.55. The van der Waals surface area contributed by atoms with Crippen molar-refractivity contribution in [3.63, 3.8) is 0 Å². The third-order valence-electron chi connectivity index (χ3n) is 1.48. The summed E-state index contributed by atoms with van der Waals surface area (Å²) >= 11 is 0. The number of halogens is 3. The van der Waals surface area contributed by atoms with Gasteiger partial charge in [-0.25, -0.2) is 4.98 Å². The van der Waals surface area contributed by atoms with Gasteiger partial charge in [-0.1, -0.05) is 0 Å². The minimum absolute atomic E-state index is 0.000671. The average molecular weight is 195 g/mol. The van der Waals surface area contributed by atoms with Gasteiger partial charge in [-0.15, -0.1) is 0 Å². The van der Waals surface area contributed by atoms with Gasteiger partial charge in [0.25, 0.3) is 0 Å². The summed E-state index contributed by atoms with van der Waals surface area (Å²) in [7, 11) is 0. The Hall–Kier alpha value is -1.11. The fourth-order valence-electron chi connectivity index (χ4n) is 0.766. The zero-order chi connectivity index (χ0) is 9.90. The summed E-state index contributed by atoms with van der Waals surface area (Å²) in [6.45, 7) is 0.000671. The predicted molar refractivity (Wildman–Crippen MR) is 36.7 cm³/mol. The van der Waals surface area contributed by atoms with Crippen LogP contribution in [0.15, 0.2) is 12.7 Å². The van der Waals surface area contributed by atoms with E-state index in [9.17, 15) is 13.2 Å². The van der Waals surface area contributed by atoms with E-state index in [1.807, 2.05) is 0 Å². The molecule has 0 aliphatic heterocycles. The molecule has 4 nitrogen and oxygen atoms in total. The highest BCUT2D eigenvalue weighted by Gasteiger charge is 2.37. The van der Waals surface area contributed by atoms with Gasteiger partial charge in [0.2, 0.25) is 0 Å². The van der Waals surface area contributed by atoms with Gasteiger partial charge < -0.3 is 5.11 Å². The molecule has 0 amide bonds. The highest BCUT2D eigenvalue weighted by molar-refractivity contribution is 4.66. The van der Waals surface area contributed by atoms with Crippen LogP contribution in [0.2, 0.25) is 0 Å². The molecule has 1 heterocycles. The van der Waals surface area contributed by atoms with Crippen molar-refractivity contribution in [1.29, 1.82) is 0 Å². The first kappa shape index (κ1) is 9.97. The SMILES string of the molecule is OC(CCn1cncn1)C(F)(F)F. The smallest absolute Gasteiger partial charge is 0.384 e. The number of nitrogens with zero attached hydrogens (tertiary/aromatic N) is 3. The van der Waals surface area contributed by atoms with Crippen molar-refractivity contribution in [2.45, 2.75) is 25.2 Å². The lowest BCUT2D eigenvalue weighted by atomic mass is 10.2. The fraction of sp³-hybridized carbons (Fsp3) is 0.667. The van der Waals surface area contributed by atoms with E-state index in [2.05, 4.69) is 10.1 Å². The van der Waals surface area contributed by atoms with E-state index in [0.717, 1.165) is 0 Å². The van der Waals surface area contributed by atoms with E-state index in [1.165, 1.54) is 17.3 Å². The molecule has 0 fully saturated rings. The van der Waals surface area contributed by atoms with Gasteiger partial charge in [0.1, 0.15) is 12.7 Å². The summed E-state index contributed by atoms with van der Waals surface area (Å²) < 4.78 is 36.6. The van der Waals surface area contributed by atoms with E-state index in [0.29, 0.717) is 0 Å². The van der Waals surface area contributed by atoms with Crippen molar-refractivity contribution in [2.75, 3.05) is 0 Å². The molecule has 0 bridgehead atoms. The molecule has 0 aliphatic carbocycles. The molecule has 1 unspecified atom stereocenters. The van der Waals surface area contributed by atoms with Crippen molar-refractivity contribution in [1.82, 2.24) is 14.8 Å².